The molecule has 14 heteroatoms. The van der Waals surface area contributed by atoms with Gasteiger partial charge in [-0.05, 0) is 43.7 Å². The van der Waals surface area contributed by atoms with Crippen LogP contribution in [0, 0.1) is 12.8 Å². The van der Waals surface area contributed by atoms with Crippen LogP contribution >= 0.6 is 22.9 Å². The quantitative estimate of drug-likeness (QED) is 0.186. The molecule has 6 atom stereocenters. The molecular weight excluding hydrogens is 628 g/mol. The standard InChI is InChI=1S/C31H31ClN2O10S/c1-5-41-28(16-6-8-17(9-7-16)29-34-33-15(3)45-29)25(36)20-11-10-19(42-20)18-12-21(40-4)23(32)22(13-18)43-31-26(37)24(35)14(2)27(44-31)30(38)39/h6-14,24,26-28,31,35,37H,5H2,1-4H3,(H,38,39)/t14-,24-,26+,27-,28?,31-/m0/s1. The van der Waals surface area contributed by atoms with Crippen LogP contribution in [0.5, 0.6) is 11.5 Å². The number of aliphatic hydroxyl groups excluding tert-OH is 2. The molecule has 0 amide bonds. The molecule has 0 saturated carbocycles. The summed E-state index contributed by atoms with van der Waals surface area (Å²) in [5, 5.41) is 40.3. The minimum Gasteiger partial charge on any atom is -0.495 e. The summed E-state index contributed by atoms with van der Waals surface area (Å²) in [7, 11) is 1.38. The van der Waals surface area contributed by atoms with Crippen LogP contribution in [0.1, 0.15) is 41.1 Å². The molecule has 2 aromatic carbocycles. The Morgan fingerprint density at radius 3 is 2.38 bits per heavy atom. The van der Waals surface area contributed by atoms with Crippen LogP contribution in [0.2, 0.25) is 5.02 Å². The maximum atomic E-state index is 13.6. The molecule has 238 valence electrons. The first-order chi connectivity index (χ1) is 21.5. The monoisotopic (exact) mass is 658 g/mol. The van der Waals surface area contributed by atoms with Crippen molar-refractivity contribution in [2.75, 3.05) is 13.7 Å². The Bertz CT molecular complexity index is 1670. The van der Waals surface area contributed by atoms with Crippen LogP contribution in [0.25, 0.3) is 21.9 Å². The number of carboxylic acids is 1. The average molecular weight is 659 g/mol. The molecule has 2 aromatic heterocycles. The highest BCUT2D eigenvalue weighted by atomic mass is 35.5. The second kappa shape index (κ2) is 13.6. The lowest BCUT2D eigenvalue weighted by Crippen LogP contribution is -2.57. The largest absolute Gasteiger partial charge is 0.495 e. The highest BCUT2D eigenvalue weighted by Crippen LogP contribution is 2.41. The van der Waals surface area contributed by atoms with Gasteiger partial charge < -0.3 is 38.7 Å². The van der Waals surface area contributed by atoms with E-state index in [0.29, 0.717) is 11.1 Å². The van der Waals surface area contributed by atoms with Crippen molar-refractivity contribution in [2.24, 2.45) is 5.92 Å². The van der Waals surface area contributed by atoms with Gasteiger partial charge in [0.15, 0.2) is 11.9 Å². The highest BCUT2D eigenvalue weighted by Gasteiger charge is 2.46. The van der Waals surface area contributed by atoms with Crippen molar-refractivity contribution in [1.82, 2.24) is 10.2 Å². The Morgan fingerprint density at radius 1 is 1.04 bits per heavy atom. The van der Waals surface area contributed by atoms with E-state index in [2.05, 4.69) is 10.2 Å². The van der Waals surface area contributed by atoms with Crippen LogP contribution in [0.15, 0.2) is 52.9 Å². The zero-order valence-corrected chi connectivity index (χ0v) is 26.2. The molecule has 0 bridgehead atoms. The maximum absolute atomic E-state index is 13.6. The van der Waals surface area contributed by atoms with Crippen LogP contribution in [-0.4, -0.2) is 75.6 Å². The summed E-state index contributed by atoms with van der Waals surface area (Å²) in [6.45, 7) is 5.39. The Hall–Kier alpha value is -3.85. The topological polar surface area (TPSA) is 171 Å². The summed E-state index contributed by atoms with van der Waals surface area (Å²) in [5.74, 6) is -2.19. The zero-order chi connectivity index (χ0) is 32.4. The summed E-state index contributed by atoms with van der Waals surface area (Å²) in [5.41, 5.74) is 1.90. The van der Waals surface area contributed by atoms with Gasteiger partial charge >= 0.3 is 5.97 Å². The number of methoxy groups -OCH3 is 1. The lowest BCUT2D eigenvalue weighted by molar-refractivity contribution is -0.256. The number of hydrogen-bond acceptors (Lipinski definition) is 12. The van der Waals surface area contributed by atoms with Gasteiger partial charge in [0.1, 0.15) is 44.5 Å². The molecule has 1 fully saturated rings. The van der Waals surface area contributed by atoms with Crippen LogP contribution in [0.3, 0.4) is 0 Å². The molecule has 3 heterocycles. The first-order valence-corrected chi connectivity index (χ1v) is 15.2. The van der Waals surface area contributed by atoms with Gasteiger partial charge in [-0.25, -0.2) is 4.79 Å². The molecule has 45 heavy (non-hydrogen) atoms. The lowest BCUT2D eigenvalue weighted by Gasteiger charge is -2.39. The number of furan rings is 1. The van der Waals surface area contributed by atoms with Crippen molar-refractivity contribution in [3.05, 3.63) is 69.9 Å². The number of rotatable bonds is 11. The maximum Gasteiger partial charge on any atom is 0.333 e. The molecule has 12 nitrogen and oxygen atoms in total. The molecule has 0 aliphatic carbocycles. The van der Waals surface area contributed by atoms with Crippen molar-refractivity contribution >= 4 is 34.7 Å². The Kier molecular flexibility index (Phi) is 9.87. The Morgan fingerprint density at radius 2 is 1.76 bits per heavy atom. The molecule has 1 unspecified atom stereocenters. The minimum absolute atomic E-state index is 0.00318. The third kappa shape index (κ3) is 6.73. The fourth-order valence-corrected chi connectivity index (χ4v) is 5.84. The highest BCUT2D eigenvalue weighted by molar-refractivity contribution is 7.14. The molecule has 0 radical (unpaired) electrons. The van der Waals surface area contributed by atoms with Gasteiger partial charge in [0, 0.05) is 23.7 Å². The predicted molar refractivity (Wildman–Crippen MR) is 163 cm³/mol. The zero-order valence-electron chi connectivity index (χ0n) is 24.7. The van der Waals surface area contributed by atoms with E-state index in [1.54, 1.807) is 31.2 Å². The van der Waals surface area contributed by atoms with Gasteiger partial charge in [0.25, 0.3) is 0 Å². The first-order valence-electron chi connectivity index (χ1n) is 14.0. The van der Waals surface area contributed by atoms with E-state index in [4.69, 9.17) is 35.0 Å². The van der Waals surface area contributed by atoms with E-state index in [1.165, 1.54) is 37.5 Å². The number of carbonyl (C=O) groups is 2. The number of carboxylic acid groups (broad SMARTS) is 1. The van der Waals surface area contributed by atoms with Gasteiger partial charge in [0.05, 0.1) is 13.2 Å². The van der Waals surface area contributed by atoms with E-state index in [0.717, 1.165) is 15.6 Å². The van der Waals surface area contributed by atoms with E-state index >= 15 is 0 Å². The number of aliphatic hydroxyl groups is 2. The van der Waals surface area contributed by atoms with Crippen molar-refractivity contribution in [2.45, 2.75) is 51.5 Å². The number of aliphatic carboxylic acids is 1. The summed E-state index contributed by atoms with van der Waals surface area (Å²) in [4.78, 5) is 25.3. The van der Waals surface area contributed by atoms with Crippen LogP contribution < -0.4 is 9.47 Å². The number of ether oxygens (including phenoxy) is 4. The molecule has 1 aliphatic heterocycles. The van der Waals surface area contributed by atoms with Gasteiger partial charge in [-0.15, -0.1) is 10.2 Å². The molecule has 1 saturated heterocycles. The van der Waals surface area contributed by atoms with Crippen molar-refractivity contribution in [3.8, 4) is 33.4 Å². The molecule has 3 N–H and O–H groups in total. The van der Waals surface area contributed by atoms with E-state index in [-0.39, 0.29) is 34.6 Å². The Balaban J connectivity index is 1.40. The van der Waals surface area contributed by atoms with Crippen LogP contribution in [0.4, 0.5) is 0 Å². The van der Waals surface area contributed by atoms with E-state index in [9.17, 15) is 24.9 Å². The smallest absolute Gasteiger partial charge is 0.333 e. The van der Waals surface area contributed by atoms with Crippen LogP contribution in [-0.2, 0) is 14.3 Å². The number of aromatic nitrogens is 2. The number of aryl methyl sites for hydroxylation is 1. The summed E-state index contributed by atoms with van der Waals surface area (Å²) in [6.07, 6.45) is -6.92. The van der Waals surface area contributed by atoms with Gasteiger partial charge in [-0.1, -0.05) is 54.1 Å². The number of benzene rings is 2. The second-order valence-corrected chi connectivity index (χ2v) is 11.9. The summed E-state index contributed by atoms with van der Waals surface area (Å²) < 4.78 is 28.4. The van der Waals surface area contributed by atoms with Gasteiger partial charge in [-0.2, -0.15) is 0 Å². The average Bonchev–Trinajstić information content (AvgIpc) is 3.70. The van der Waals surface area contributed by atoms with Crippen molar-refractivity contribution < 1.29 is 48.3 Å². The molecular formula is C31H31ClN2O10S. The number of ketones is 1. The van der Waals surface area contributed by atoms with E-state index < -0.39 is 48.4 Å². The molecule has 1 aliphatic rings. The fourth-order valence-electron chi connectivity index (χ4n) is 4.91. The second-order valence-electron chi connectivity index (χ2n) is 10.3. The number of carbonyl (C=O) groups excluding carboxylic acids is 1. The number of hydrogen-bond donors (Lipinski definition) is 3. The number of halogens is 1. The molecule has 4 aromatic rings. The lowest BCUT2D eigenvalue weighted by atomic mass is 9.91. The number of nitrogens with zero attached hydrogens (tertiary/aromatic N) is 2. The molecule has 5 rings (SSSR count). The van der Waals surface area contributed by atoms with Gasteiger partial charge in [0.2, 0.25) is 12.1 Å². The minimum atomic E-state index is -1.57. The summed E-state index contributed by atoms with van der Waals surface area (Å²) in [6, 6.07) is 13.4. The predicted octanol–water partition coefficient (Wildman–Crippen LogP) is 4.94. The fraction of sp³-hybridized carbons (Fsp3) is 0.355. The normalized spacial score (nSPS) is 22.2. The molecule has 0 spiro atoms. The van der Waals surface area contributed by atoms with Crippen molar-refractivity contribution in [1.29, 1.82) is 0 Å². The SMILES string of the molecule is CCOC(C(=O)c1ccc(-c2cc(OC)c(Cl)c(O[C@H]3O[C@H](C(=O)O)[C@@H](C)[C@H](O)[C@H]3O)c2)o1)c1ccc(-c2nnc(C)s2)cc1. The third-order valence-electron chi connectivity index (χ3n) is 7.33. The van der Waals surface area contributed by atoms with Gasteiger partial charge in [-0.3, -0.25) is 4.79 Å². The first kappa shape index (κ1) is 32.5. The summed E-state index contributed by atoms with van der Waals surface area (Å²) >= 11 is 7.95. The third-order valence-corrected chi connectivity index (χ3v) is 8.59. The van der Waals surface area contributed by atoms with Crippen molar-refractivity contribution in [3.63, 3.8) is 0 Å². The number of Topliss-reactive ketones (excluding diaryl/α,β-unsaturated/α-hetero) is 1. The Labute approximate surface area is 267 Å². The van der Waals surface area contributed by atoms with E-state index in [1.807, 2.05) is 19.1 Å².